The largest absolute Gasteiger partial charge is 0.388 e. The number of hydrogen-bond donors (Lipinski definition) is 1. The maximum Gasteiger partial charge on any atom is 0.124 e. The molecule has 0 spiro atoms. The average Bonchev–Trinajstić information content (AvgIpc) is 2.27. The molecule has 1 aliphatic heterocycles. The molecule has 0 saturated heterocycles. The first kappa shape index (κ1) is 11.4. The normalized spacial score (nSPS) is 25.9. The molecule has 0 bridgehead atoms. The van der Waals surface area contributed by atoms with Crippen molar-refractivity contribution in [1.82, 2.24) is 0 Å². The van der Waals surface area contributed by atoms with Gasteiger partial charge in [-0.25, -0.2) is 4.39 Å². The van der Waals surface area contributed by atoms with E-state index in [9.17, 15) is 9.50 Å². The number of fused-ring (bicyclic) bond motifs is 1. The van der Waals surface area contributed by atoms with Crippen LogP contribution in [0.4, 0.5) is 4.39 Å². The van der Waals surface area contributed by atoms with Crippen molar-refractivity contribution in [2.24, 2.45) is 0 Å². The van der Waals surface area contributed by atoms with Gasteiger partial charge in [0.2, 0.25) is 0 Å². The highest BCUT2D eigenvalue weighted by Crippen LogP contribution is 2.38. The number of hydrogen-bond acceptors (Lipinski definition) is 2. The lowest BCUT2D eigenvalue weighted by Crippen LogP contribution is -2.04. The molecule has 1 N–H and O–H groups in total. The van der Waals surface area contributed by atoms with Crippen LogP contribution in [0.15, 0.2) is 16.6 Å². The molecule has 2 unspecified atom stereocenters. The van der Waals surface area contributed by atoms with Gasteiger partial charge in [0, 0.05) is 15.5 Å². The molecule has 15 heavy (non-hydrogen) atoms. The van der Waals surface area contributed by atoms with Crippen molar-refractivity contribution in [1.29, 1.82) is 0 Å². The Labute approximate surface area is 101 Å². The molecule has 0 aliphatic carbocycles. The third kappa shape index (κ3) is 2.37. The second-order valence-electron chi connectivity index (χ2n) is 3.83. The molecule has 2 rings (SSSR count). The minimum atomic E-state index is -0.544. The van der Waals surface area contributed by atoms with E-state index in [1.807, 2.05) is 0 Å². The Morgan fingerprint density at radius 1 is 1.53 bits per heavy atom. The summed E-state index contributed by atoms with van der Waals surface area (Å²) in [6.07, 6.45) is 0.144. The minimum Gasteiger partial charge on any atom is -0.388 e. The number of aliphatic hydroxyl groups excluding tert-OH is 1. The van der Waals surface area contributed by atoms with E-state index >= 15 is 0 Å². The Bertz CT molecular complexity index is 383. The van der Waals surface area contributed by atoms with Crippen molar-refractivity contribution < 1.29 is 9.50 Å². The standard InChI is InChI=1S/C11H12BrFOS/c1-6-2-11(14)8-3-7(13)4-10(12)9(8)5-15-6/h3-4,6,11,14H,2,5H2,1H3. The fraction of sp³-hybridized carbons (Fsp3) is 0.455. The molecule has 1 aliphatic rings. The van der Waals surface area contributed by atoms with Crippen LogP contribution in [0.5, 0.6) is 0 Å². The summed E-state index contributed by atoms with van der Waals surface area (Å²) < 4.78 is 14.0. The van der Waals surface area contributed by atoms with Crippen molar-refractivity contribution in [3.63, 3.8) is 0 Å². The van der Waals surface area contributed by atoms with Gasteiger partial charge in [0.05, 0.1) is 6.10 Å². The summed E-state index contributed by atoms with van der Waals surface area (Å²) in [7, 11) is 0. The highest BCUT2D eigenvalue weighted by molar-refractivity contribution is 9.10. The van der Waals surface area contributed by atoms with Gasteiger partial charge in [0.1, 0.15) is 5.82 Å². The van der Waals surface area contributed by atoms with Crippen LogP contribution >= 0.6 is 27.7 Å². The first-order chi connectivity index (χ1) is 7.08. The molecule has 1 heterocycles. The van der Waals surface area contributed by atoms with Gasteiger partial charge >= 0.3 is 0 Å². The van der Waals surface area contributed by atoms with Gasteiger partial charge in [-0.3, -0.25) is 0 Å². The van der Waals surface area contributed by atoms with Gasteiger partial charge in [-0.1, -0.05) is 22.9 Å². The summed E-state index contributed by atoms with van der Waals surface area (Å²) in [6.45, 7) is 2.09. The van der Waals surface area contributed by atoms with Gasteiger partial charge in [-0.2, -0.15) is 11.8 Å². The zero-order valence-electron chi connectivity index (χ0n) is 8.34. The summed E-state index contributed by atoms with van der Waals surface area (Å²) in [4.78, 5) is 0. The highest BCUT2D eigenvalue weighted by atomic mass is 79.9. The Balaban J connectivity index is 2.48. The predicted octanol–water partition coefficient (Wildman–Crippen LogP) is 3.65. The van der Waals surface area contributed by atoms with Crippen molar-refractivity contribution in [2.75, 3.05) is 0 Å². The molecule has 1 aromatic rings. The highest BCUT2D eigenvalue weighted by Gasteiger charge is 2.23. The smallest absolute Gasteiger partial charge is 0.124 e. The molecule has 0 radical (unpaired) electrons. The molecular formula is C11H12BrFOS. The van der Waals surface area contributed by atoms with E-state index < -0.39 is 6.10 Å². The van der Waals surface area contributed by atoms with E-state index in [0.29, 0.717) is 11.7 Å². The second kappa shape index (κ2) is 4.44. The summed E-state index contributed by atoms with van der Waals surface area (Å²) in [5.74, 6) is 0.535. The number of benzene rings is 1. The minimum absolute atomic E-state index is 0.292. The summed E-state index contributed by atoms with van der Waals surface area (Å²) in [5, 5.41) is 10.4. The van der Waals surface area contributed by atoms with Gasteiger partial charge in [-0.05, 0) is 29.7 Å². The molecule has 1 aromatic carbocycles. The topological polar surface area (TPSA) is 20.2 Å². The Kier molecular flexibility index (Phi) is 3.38. The summed E-state index contributed by atoms with van der Waals surface area (Å²) in [5.41, 5.74) is 1.76. The SMILES string of the molecule is CC1CC(O)c2cc(F)cc(Br)c2CS1. The van der Waals surface area contributed by atoms with Crippen molar-refractivity contribution >= 4 is 27.7 Å². The average molecular weight is 291 g/mol. The van der Waals surface area contributed by atoms with E-state index in [0.717, 1.165) is 21.4 Å². The maximum atomic E-state index is 13.2. The fourth-order valence-electron chi connectivity index (χ4n) is 1.81. The lowest BCUT2D eigenvalue weighted by molar-refractivity contribution is 0.168. The van der Waals surface area contributed by atoms with Gasteiger partial charge < -0.3 is 5.11 Å². The Hall–Kier alpha value is -0.0600. The molecule has 2 atom stereocenters. The third-order valence-corrected chi connectivity index (χ3v) is 4.55. The molecule has 0 aromatic heterocycles. The van der Waals surface area contributed by atoms with Crippen LogP contribution in [0.25, 0.3) is 0 Å². The van der Waals surface area contributed by atoms with Gasteiger partial charge in [0.15, 0.2) is 0 Å². The van der Waals surface area contributed by atoms with Crippen LogP contribution in [0, 0.1) is 5.82 Å². The van der Waals surface area contributed by atoms with Gasteiger partial charge in [-0.15, -0.1) is 0 Å². The lowest BCUT2D eigenvalue weighted by Gasteiger charge is -2.13. The first-order valence-electron chi connectivity index (χ1n) is 4.85. The van der Waals surface area contributed by atoms with E-state index in [1.54, 1.807) is 11.8 Å². The monoisotopic (exact) mass is 290 g/mol. The number of rotatable bonds is 0. The van der Waals surface area contributed by atoms with E-state index in [1.165, 1.54) is 12.1 Å². The molecule has 4 heteroatoms. The zero-order valence-corrected chi connectivity index (χ0v) is 10.7. The summed E-state index contributed by atoms with van der Waals surface area (Å²) in [6, 6.07) is 2.91. The second-order valence-corrected chi connectivity index (χ2v) is 6.11. The molecule has 0 fully saturated rings. The van der Waals surface area contributed by atoms with Crippen molar-refractivity contribution in [3.8, 4) is 0 Å². The van der Waals surface area contributed by atoms with E-state index in [4.69, 9.17) is 0 Å². The van der Waals surface area contributed by atoms with Crippen LogP contribution < -0.4 is 0 Å². The van der Waals surface area contributed by atoms with Crippen LogP contribution in [-0.4, -0.2) is 10.4 Å². The van der Waals surface area contributed by atoms with Crippen LogP contribution in [-0.2, 0) is 5.75 Å². The van der Waals surface area contributed by atoms with Gasteiger partial charge in [0.25, 0.3) is 0 Å². The zero-order chi connectivity index (χ0) is 11.0. The number of halogens is 2. The van der Waals surface area contributed by atoms with Crippen molar-refractivity contribution in [3.05, 3.63) is 33.5 Å². The maximum absolute atomic E-state index is 13.2. The van der Waals surface area contributed by atoms with Crippen molar-refractivity contribution in [2.45, 2.75) is 30.5 Å². The first-order valence-corrected chi connectivity index (χ1v) is 6.69. The van der Waals surface area contributed by atoms with Crippen LogP contribution in [0.1, 0.15) is 30.6 Å². The number of aliphatic hydroxyl groups is 1. The van der Waals surface area contributed by atoms with Crippen LogP contribution in [0.3, 0.4) is 0 Å². The van der Waals surface area contributed by atoms with Crippen LogP contribution in [0.2, 0.25) is 0 Å². The predicted molar refractivity (Wildman–Crippen MR) is 64.4 cm³/mol. The third-order valence-electron chi connectivity index (χ3n) is 2.62. The fourth-order valence-corrected chi connectivity index (χ4v) is 3.67. The summed E-state index contributed by atoms with van der Waals surface area (Å²) >= 11 is 5.14. The molecular weight excluding hydrogens is 279 g/mol. The molecule has 0 amide bonds. The molecule has 82 valence electrons. The van der Waals surface area contributed by atoms with E-state index in [-0.39, 0.29) is 5.82 Å². The Morgan fingerprint density at radius 3 is 3.00 bits per heavy atom. The van der Waals surface area contributed by atoms with E-state index in [2.05, 4.69) is 22.9 Å². The Morgan fingerprint density at radius 2 is 2.27 bits per heavy atom. The molecule has 0 saturated carbocycles. The lowest BCUT2D eigenvalue weighted by atomic mass is 10.0. The number of thioether (sulfide) groups is 1. The molecule has 1 nitrogen and oxygen atoms in total. The quantitative estimate of drug-likeness (QED) is 0.787.